The molecule has 11 heteroatoms. The summed E-state index contributed by atoms with van der Waals surface area (Å²) in [5.74, 6) is -1.46. The Kier molecular flexibility index (Phi) is 7.51. The molecule has 0 spiro atoms. The molecular weight excluding hydrogens is 555 g/mol. The highest BCUT2D eigenvalue weighted by Gasteiger charge is 2.54. The van der Waals surface area contributed by atoms with Gasteiger partial charge in [0.25, 0.3) is 0 Å². The first-order valence-corrected chi connectivity index (χ1v) is 13.8. The van der Waals surface area contributed by atoms with Crippen LogP contribution in [0.15, 0.2) is 71.8 Å². The van der Waals surface area contributed by atoms with Crippen LogP contribution in [-0.2, 0) is 4.87 Å². The third-order valence-electron chi connectivity index (χ3n) is 6.06. The fourth-order valence-corrected chi connectivity index (χ4v) is 7.14. The summed E-state index contributed by atoms with van der Waals surface area (Å²) in [7, 11) is 0. The van der Waals surface area contributed by atoms with Crippen molar-refractivity contribution in [3.63, 3.8) is 0 Å². The molecule has 2 unspecified atom stereocenters. The average Bonchev–Trinajstić information content (AvgIpc) is 3.50. The number of nitrogens with zero attached hydrogens (tertiary/aromatic N) is 4. The van der Waals surface area contributed by atoms with Gasteiger partial charge in [0, 0.05) is 21.5 Å². The van der Waals surface area contributed by atoms with Crippen molar-refractivity contribution in [2.24, 2.45) is 10.8 Å². The largest absolute Gasteiger partial charge is 0.330 e. The monoisotopic (exact) mass is 575 g/mol. The summed E-state index contributed by atoms with van der Waals surface area (Å²) >= 11 is 15.2. The number of aromatic nitrogens is 2. The maximum atomic E-state index is 15.5. The Morgan fingerprint density at radius 3 is 2.35 bits per heavy atom. The molecule has 3 aromatic carbocycles. The first kappa shape index (κ1) is 26.1. The predicted molar refractivity (Wildman–Crippen MR) is 149 cm³/mol. The van der Waals surface area contributed by atoms with Gasteiger partial charge >= 0.3 is 0 Å². The van der Waals surface area contributed by atoms with Crippen LogP contribution in [0.5, 0.6) is 0 Å². The summed E-state index contributed by atoms with van der Waals surface area (Å²) in [5, 5.41) is 17.5. The number of thioether (sulfide) groups is 1. The second kappa shape index (κ2) is 10.7. The minimum absolute atomic E-state index is 0.236. The first-order chi connectivity index (χ1) is 17.8. The molecule has 1 aliphatic rings. The molecular formula is C26H21Cl2F2N5S2. The van der Waals surface area contributed by atoms with E-state index < -0.39 is 22.4 Å². The fourth-order valence-electron chi connectivity index (χ4n) is 4.49. The molecule has 2 N–H and O–H groups in total. The van der Waals surface area contributed by atoms with E-state index in [1.807, 2.05) is 37.3 Å². The Labute approximate surface area is 231 Å². The normalized spacial score (nSPS) is 18.2. The molecule has 5 rings (SSSR count). The molecule has 0 bridgehead atoms. The van der Waals surface area contributed by atoms with Gasteiger partial charge in [-0.1, -0.05) is 76.6 Å². The molecule has 37 heavy (non-hydrogen) atoms. The van der Waals surface area contributed by atoms with E-state index in [1.165, 1.54) is 53.4 Å². The van der Waals surface area contributed by atoms with Gasteiger partial charge in [-0.2, -0.15) is 5.10 Å². The number of aryl methyl sites for hydroxylation is 1. The predicted octanol–water partition coefficient (Wildman–Crippen LogP) is 7.33. The van der Waals surface area contributed by atoms with Crippen LogP contribution in [0, 0.1) is 18.6 Å². The molecule has 0 saturated heterocycles. The van der Waals surface area contributed by atoms with E-state index in [4.69, 9.17) is 34.0 Å². The van der Waals surface area contributed by atoms with Crippen LogP contribution in [0.3, 0.4) is 0 Å². The molecule has 2 heterocycles. The zero-order valence-electron chi connectivity index (χ0n) is 19.5. The van der Waals surface area contributed by atoms with Crippen molar-refractivity contribution in [1.29, 1.82) is 0 Å². The van der Waals surface area contributed by atoms with Crippen LogP contribution in [-0.4, -0.2) is 21.8 Å². The molecule has 0 radical (unpaired) electrons. The van der Waals surface area contributed by atoms with Crippen molar-refractivity contribution < 1.29 is 8.78 Å². The van der Waals surface area contributed by atoms with Gasteiger partial charge in [0.1, 0.15) is 26.6 Å². The first-order valence-electron chi connectivity index (χ1n) is 11.4. The van der Waals surface area contributed by atoms with E-state index in [0.29, 0.717) is 32.2 Å². The summed E-state index contributed by atoms with van der Waals surface area (Å²) in [6.45, 7) is 2.10. The molecule has 5 nitrogen and oxygen atoms in total. The SMILES string of the molecule is Cc1nnc(N2N=C(c3cc(Cl)ccc3F)SC2(c2ccccc2)C(CCN)c2cc(Cl)ccc2F)s1. The lowest BCUT2D eigenvalue weighted by atomic mass is 9.83. The topological polar surface area (TPSA) is 67.4 Å². The number of anilines is 1. The van der Waals surface area contributed by atoms with Crippen LogP contribution >= 0.6 is 46.3 Å². The fraction of sp³-hybridized carbons (Fsp3) is 0.192. The summed E-state index contributed by atoms with van der Waals surface area (Å²) < 4.78 is 30.6. The second-order valence-electron chi connectivity index (χ2n) is 8.41. The minimum atomic E-state index is -1.10. The summed E-state index contributed by atoms with van der Waals surface area (Å²) in [6, 6.07) is 18.3. The van der Waals surface area contributed by atoms with Crippen LogP contribution in [0.4, 0.5) is 13.9 Å². The Hall–Kier alpha value is -2.56. The van der Waals surface area contributed by atoms with Gasteiger partial charge in [0.2, 0.25) is 5.13 Å². The number of hydrazone groups is 1. The van der Waals surface area contributed by atoms with E-state index >= 15 is 8.78 Å². The number of hydrogen-bond donors (Lipinski definition) is 1. The van der Waals surface area contributed by atoms with Crippen LogP contribution in [0.25, 0.3) is 0 Å². The van der Waals surface area contributed by atoms with Crippen molar-refractivity contribution in [3.8, 4) is 0 Å². The van der Waals surface area contributed by atoms with Crippen molar-refractivity contribution in [3.05, 3.63) is 110 Å². The molecule has 0 saturated carbocycles. The van der Waals surface area contributed by atoms with Crippen LogP contribution in [0.2, 0.25) is 10.0 Å². The molecule has 0 fully saturated rings. The highest BCUT2D eigenvalue weighted by molar-refractivity contribution is 8.15. The van der Waals surface area contributed by atoms with Gasteiger partial charge in [-0.3, -0.25) is 0 Å². The van der Waals surface area contributed by atoms with Crippen molar-refractivity contribution in [1.82, 2.24) is 10.2 Å². The molecule has 1 aliphatic heterocycles. The standard InChI is InChI=1S/C26H21Cl2F2N5S2/c1-15-32-33-25(36-15)35-26(16-5-3-2-4-6-16,21(11-12-31)19-13-17(27)7-9-22(19)29)37-24(34-35)20-14-18(28)8-10-23(20)30/h2-10,13-14,21H,11-12,31H2,1H3. The van der Waals surface area contributed by atoms with Gasteiger partial charge in [-0.15, -0.1) is 10.2 Å². The Bertz CT molecular complexity index is 1470. The van der Waals surface area contributed by atoms with Crippen molar-refractivity contribution >= 4 is 56.5 Å². The average molecular weight is 577 g/mol. The quantitative estimate of drug-likeness (QED) is 0.250. The molecule has 2 atom stereocenters. The number of halogens is 4. The van der Waals surface area contributed by atoms with E-state index in [2.05, 4.69) is 10.2 Å². The Morgan fingerprint density at radius 1 is 0.973 bits per heavy atom. The van der Waals surface area contributed by atoms with Crippen LogP contribution < -0.4 is 10.7 Å². The lowest BCUT2D eigenvalue weighted by molar-refractivity contribution is 0.434. The smallest absolute Gasteiger partial charge is 0.230 e. The summed E-state index contributed by atoms with van der Waals surface area (Å²) in [6.07, 6.45) is 0.383. The maximum absolute atomic E-state index is 15.5. The molecule has 1 aromatic heterocycles. The molecule has 190 valence electrons. The van der Waals surface area contributed by atoms with Gasteiger partial charge in [0.05, 0.1) is 0 Å². The number of benzene rings is 3. The van der Waals surface area contributed by atoms with Crippen LogP contribution in [0.1, 0.15) is 34.0 Å². The van der Waals surface area contributed by atoms with Gasteiger partial charge in [-0.05, 0) is 67.4 Å². The van der Waals surface area contributed by atoms with Crippen molar-refractivity contribution in [2.75, 3.05) is 11.6 Å². The van der Waals surface area contributed by atoms with E-state index in [1.54, 1.807) is 11.1 Å². The third-order valence-corrected chi connectivity index (χ3v) is 8.85. The second-order valence-corrected chi connectivity index (χ2v) is 11.7. The Balaban J connectivity index is 1.81. The van der Waals surface area contributed by atoms with E-state index in [0.717, 1.165) is 10.6 Å². The number of hydrogen-bond acceptors (Lipinski definition) is 7. The van der Waals surface area contributed by atoms with Gasteiger partial charge < -0.3 is 5.73 Å². The number of rotatable bonds is 7. The minimum Gasteiger partial charge on any atom is -0.330 e. The Morgan fingerprint density at radius 2 is 1.68 bits per heavy atom. The van der Waals surface area contributed by atoms with E-state index in [9.17, 15) is 0 Å². The summed E-state index contributed by atoms with van der Waals surface area (Å²) in [4.78, 5) is -1.10. The van der Waals surface area contributed by atoms with Crippen molar-refractivity contribution in [2.45, 2.75) is 24.1 Å². The molecule has 0 aliphatic carbocycles. The lowest BCUT2D eigenvalue weighted by Gasteiger charge is -2.42. The zero-order valence-corrected chi connectivity index (χ0v) is 22.7. The van der Waals surface area contributed by atoms with Gasteiger partial charge in [0.15, 0.2) is 0 Å². The highest BCUT2D eigenvalue weighted by atomic mass is 35.5. The zero-order chi connectivity index (χ0) is 26.2. The van der Waals surface area contributed by atoms with E-state index in [-0.39, 0.29) is 12.1 Å². The third kappa shape index (κ3) is 4.86. The molecule has 0 amide bonds. The van der Waals surface area contributed by atoms with Gasteiger partial charge in [-0.25, -0.2) is 13.8 Å². The maximum Gasteiger partial charge on any atom is 0.230 e. The molecule has 4 aromatic rings. The highest BCUT2D eigenvalue weighted by Crippen LogP contribution is 2.58. The lowest BCUT2D eigenvalue weighted by Crippen LogP contribution is -2.44. The summed E-state index contributed by atoms with van der Waals surface area (Å²) in [5.41, 5.74) is 7.54. The number of nitrogens with two attached hydrogens (primary N) is 1.